The van der Waals surface area contributed by atoms with Crippen LogP contribution in [0, 0.1) is 0 Å². The molecule has 0 fully saturated rings. The SMILES string of the molecule is CCOC(=O)c1ccc(NS(=O)(=O)c2cc3c4c(c2)[C@@H](C)C(=O)N4CCC3)cc1. The Morgan fingerprint density at radius 3 is 2.66 bits per heavy atom. The molecule has 1 N–H and O–H groups in total. The number of nitrogens with one attached hydrogen (secondary N) is 1. The maximum absolute atomic E-state index is 13.0. The molecule has 0 radical (unpaired) electrons. The Bertz CT molecular complexity index is 1090. The number of sulfonamides is 1. The molecule has 8 heteroatoms. The minimum absolute atomic E-state index is 0.0259. The molecule has 1 amide bonds. The van der Waals surface area contributed by atoms with Gasteiger partial charge < -0.3 is 9.64 Å². The molecule has 4 rings (SSSR count). The van der Waals surface area contributed by atoms with Gasteiger partial charge in [0.15, 0.2) is 0 Å². The topological polar surface area (TPSA) is 92.8 Å². The number of esters is 1. The number of anilines is 2. The molecule has 0 saturated heterocycles. The number of carbonyl (C=O) groups is 2. The van der Waals surface area contributed by atoms with Crippen LogP contribution in [0.15, 0.2) is 41.3 Å². The van der Waals surface area contributed by atoms with Gasteiger partial charge in [-0.25, -0.2) is 13.2 Å². The lowest BCUT2D eigenvalue weighted by Gasteiger charge is -2.26. The molecule has 0 aliphatic carbocycles. The van der Waals surface area contributed by atoms with Crippen LogP contribution in [0.25, 0.3) is 0 Å². The van der Waals surface area contributed by atoms with E-state index in [0.717, 1.165) is 29.7 Å². The molecule has 0 bridgehead atoms. The summed E-state index contributed by atoms with van der Waals surface area (Å²) in [5.74, 6) is -0.776. The summed E-state index contributed by atoms with van der Waals surface area (Å²) in [4.78, 5) is 26.1. The second-order valence-corrected chi connectivity index (χ2v) is 8.92. The van der Waals surface area contributed by atoms with Crippen molar-refractivity contribution in [1.29, 1.82) is 0 Å². The number of benzene rings is 2. The van der Waals surface area contributed by atoms with Crippen LogP contribution in [0.3, 0.4) is 0 Å². The van der Waals surface area contributed by atoms with E-state index in [9.17, 15) is 18.0 Å². The third-order valence-corrected chi connectivity index (χ3v) is 6.71. The minimum Gasteiger partial charge on any atom is -0.462 e. The summed E-state index contributed by atoms with van der Waals surface area (Å²) in [7, 11) is -3.84. The molecule has 0 saturated carbocycles. The molecule has 152 valence electrons. The minimum atomic E-state index is -3.84. The average Bonchev–Trinajstić information content (AvgIpc) is 2.95. The summed E-state index contributed by atoms with van der Waals surface area (Å²) in [6.45, 7) is 4.48. The Morgan fingerprint density at radius 1 is 1.24 bits per heavy atom. The third kappa shape index (κ3) is 3.37. The Hall–Kier alpha value is -2.87. The zero-order chi connectivity index (χ0) is 20.8. The maximum atomic E-state index is 13.0. The molecule has 0 unspecified atom stereocenters. The molecule has 2 aromatic carbocycles. The van der Waals surface area contributed by atoms with Crippen molar-refractivity contribution in [2.45, 2.75) is 37.5 Å². The Balaban J connectivity index is 1.64. The van der Waals surface area contributed by atoms with Gasteiger partial charge in [-0.15, -0.1) is 0 Å². The van der Waals surface area contributed by atoms with E-state index in [1.165, 1.54) is 24.3 Å². The number of amides is 1. The van der Waals surface area contributed by atoms with Gasteiger partial charge in [-0.05, 0) is 74.2 Å². The molecule has 1 atom stereocenters. The number of rotatable bonds is 5. The van der Waals surface area contributed by atoms with Gasteiger partial charge in [-0.3, -0.25) is 9.52 Å². The van der Waals surface area contributed by atoms with Crippen LogP contribution in [0.1, 0.15) is 47.7 Å². The van der Waals surface area contributed by atoms with Crippen molar-refractivity contribution in [3.63, 3.8) is 0 Å². The van der Waals surface area contributed by atoms with Gasteiger partial charge in [0, 0.05) is 12.2 Å². The molecule has 29 heavy (non-hydrogen) atoms. The molecule has 2 aromatic rings. The second-order valence-electron chi connectivity index (χ2n) is 7.24. The van der Waals surface area contributed by atoms with E-state index in [4.69, 9.17) is 4.74 Å². The Morgan fingerprint density at radius 2 is 1.97 bits per heavy atom. The van der Waals surface area contributed by atoms with Crippen molar-refractivity contribution in [2.24, 2.45) is 0 Å². The van der Waals surface area contributed by atoms with Crippen molar-refractivity contribution in [3.8, 4) is 0 Å². The first-order valence-corrected chi connectivity index (χ1v) is 11.1. The number of aryl methyl sites for hydroxylation is 1. The summed E-state index contributed by atoms with van der Waals surface area (Å²) in [5.41, 5.74) is 3.24. The summed E-state index contributed by atoms with van der Waals surface area (Å²) in [6.07, 6.45) is 1.56. The van der Waals surface area contributed by atoms with Crippen LogP contribution in [0.5, 0.6) is 0 Å². The molecular weight excluding hydrogens is 392 g/mol. The fourth-order valence-electron chi connectivity index (χ4n) is 3.92. The first kappa shape index (κ1) is 19.4. The standard InChI is InChI=1S/C21H22N2O5S/c1-3-28-21(25)14-6-8-16(9-7-14)22-29(26,27)17-11-15-5-4-10-23-19(15)18(12-17)13(2)20(23)24/h6-9,11-13,22H,3-5,10H2,1-2H3/t13-/m1/s1. The normalized spacial score (nSPS) is 17.8. The van der Waals surface area contributed by atoms with E-state index in [1.807, 2.05) is 6.92 Å². The van der Waals surface area contributed by atoms with Crippen LogP contribution in [-0.2, 0) is 26.0 Å². The average molecular weight is 414 g/mol. The van der Waals surface area contributed by atoms with E-state index < -0.39 is 16.0 Å². The maximum Gasteiger partial charge on any atom is 0.338 e. The lowest BCUT2D eigenvalue weighted by Crippen LogP contribution is -2.32. The summed E-state index contributed by atoms with van der Waals surface area (Å²) >= 11 is 0. The molecule has 2 aliphatic heterocycles. The van der Waals surface area contributed by atoms with E-state index in [2.05, 4.69) is 4.72 Å². The highest BCUT2D eigenvalue weighted by molar-refractivity contribution is 7.92. The summed E-state index contributed by atoms with van der Waals surface area (Å²) in [6, 6.07) is 9.33. The Kier molecular flexibility index (Phi) is 4.82. The molecule has 7 nitrogen and oxygen atoms in total. The van der Waals surface area contributed by atoms with E-state index in [0.29, 0.717) is 17.8 Å². The molecule has 2 heterocycles. The van der Waals surface area contributed by atoms with Gasteiger partial charge in [0.1, 0.15) is 0 Å². The number of nitrogens with zero attached hydrogens (tertiary/aromatic N) is 1. The zero-order valence-corrected chi connectivity index (χ0v) is 17.1. The fourth-order valence-corrected chi connectivity index (χ4v) is 5.07. The highest BCUT2D eigenvalue weighted by Gasteiger charge is 2.38. The summed E-state index contributed by atoms with van der Waals surface area (Å²) < 4.78 is 33.4. The number of hydrogen-bond donors (Lipinski definition) is 1. The summed E-state index contributed by atoms with van der Waals surface area (Å²) in [5, 5.41) is 0. The quantitative estimate of drug-likeness (QED) is 0.759. The Labute approximate surface area is 169 Å². The van der Waals surface area contributed by atoms with Gasteiger partial charge >= 0.3 is 5.97 Å². The molecule has 0 aromatic heterocycles. The second kappa shape index (κ2) is 7.18. The van der Waals surface area contributed by atoms with Crippen LogP contribution >= 0.6 is 0 Å². The number of ether oxygens (including phenoxy) is 1. The van der Waals surface area contributed by atoms with E-state index in [-0.39, 0.29) is 23.3 Å². The van der Waals surface area contributed by atoms with Gasteiger partial charge in [-0.2, -0.15) is 0 Å². The third-order valence-electron chi connectivity index (χ3n) is 5.35. The van der Waals surface area contributed by atoms with Crippen molar-refractivity contribution in [2.75, 3.05) is 22.8 Å². The van der Waals surface area contributed by atoms with Gasteiger partial charge in [0.2, 0.25) is 5.91 Å². The predicted molar refractivity (Wildman–Crippen MR) is 109 cm³/mol. The fraction of sp³-hybridized carbons (Fsp3) is 0.333. The molecular formula is C21H22N2O5S. The zero-order valence-electron chi connectivity index (χ0n) is 16.3. The highest BCUT2D eigenvalue weighted by atomic mass is 32.2. The van der Waals surface area contributed by atoms with Crippen LogP contribution in [0.2, 0.25) is 0 Å². The van der Waals surface area contributed by atoms with Crippen molar-refractivity contribution in [3.05, 3.63) is 53.1 Å². The van der Waals surface area contributed by atoms with Crippen LogP contribution in [0.4, 0.5) is 11.4 Å². The van der Waals surface area contributed by atoms with Crippen molar-refractivity contribution >= 4 is 33.3 Å². The lowest BCUT2D eigenvalue weighted by molar-refractivity contribution is -0.119. The number of hydrogen-bond acceptors (Lipinski definition) is 5. The van der Waals surface area contributed by atoms with Crippen LogP contribution in [-0.4, -0.2) is 33.4 Å². The smallest absolute Gasteiger partial charge is 0.338 e. The largest absolute Gasteiger partial charge is 0.462 e. The predicted octanol–water partition coefficient (Wildman–Crippen LogP) is 3.06. The van der Waals surface area contributed by atoms with Gasteiger partial charge in [-0.1, -0.05) is 0 Å². The molecule has 2 aliphatic rings. The van der Waals surface area contributed by atoms with E-state index >= 15 is 0 Å². The van der Waals surface area contributed by atoms with E-state index in [1.54, 1.807) is 24.0 Å². The van der Waals surface area contributed by atoms with Crippen molar-refractivity contribution < 1.29 is 22.7 Å². The lowest BCUT2D eigenvalue weighted by atomic mass is 9.97. The highest BCUT2D eigenvalue weighted by Crippen LogP contribution is 2.44. The number of carbonyl (C=O) groups excluding carboxylic acids is 2. The molecule has 0 spiro atoms. The monoisotopic (exact) mass is 414 g/mol. The van der Waals surface area contributed by atoms with Crippen LogP contribution < -0.4 is 9.62 Å². The van der Waals surface area contributed by atoms with Gasteiger partial charge in [0.25, 0.3) is 10.0 Å². The first-order chi connectivity index (χ1) is 13.8. The van der Waals surface area contributed by atoms with Gasteiger partial charge in [0.05, 0.1) is 28.7 Å². The van der Waals surface area contributed by atoms with Crippen molar-refractivity contribution in [1.82, 2.24) is 0 Å². The first-order valence-electron chi connectivity index (χ1n) is 9.60.